The minimum absolute atomic E-state index is 0.0308. The lowest BCUT2D eigenvalue weighted by Crippen LogP contribution is -2.36. The molecule has 3 heterocycles. The molecule has 1 amide bonds. The molecule has 9 nitrogen and oxygen atoms in total. The van der Waals surface area contributed by atoms with Gasteiger partial charge in [0.25, 0.3) is 10.0 Å². The normalized spacial score (nSPS) is 19.8. The van der Waals surface area contributed by atoms with Crippen molar-refractivity contribution in [2.45, 2.75) is 50.5 Å². The highest BCUT2D eigenvalue weighted by Crippen LogP contribution is 2.31. The molecule has 0 bridgehead atoms. The summed E-state index contributed by atoms with van der Waals surface area (Å²) in [5.41, 5.74) is 1.38. The molecule has 1 fully saturated rings. The van der Waals surface area contributed by atoms with Crippen molar-refractivity contribution >= 4 is 27.0 Å². The molecule has 0 saturated carbocycles. The van der Waals surface area contributed by atoms with E-state index in [1.165, 1.54) is 10.5 Å². The predicted molar refractivity (Wildman–Crippen MR) is 129 cm³/mol. The van der Waals surface area contributed by atoms with E-state index in [2.05, 4.69) is 30.7 Å². The summed E-state index contributed by atoms with van der Waals surface area (Å²) in [5, 5.41) is 11.5. The summed E-state index contributed by atoms with van der Waals surface area (Å²) < 4.78 is 35.6. The standard InChI is InChI=1S/C24H34N4O5S/c1-24(2,3)23-26-20-14-19(4-5-21(20)28(23)15-17-7-12-33-13-8-17)34(31,32)27-10-6-18(16-27)22(30)25-9-11-29/h4-6,10,14,17-18,29H,7-9,11-13,15-16H2,1-3H3,(H,25,30). The number of sulfonamides is 1. The molecule has 2 aliphatic rings. The zero-order valence-corrected chi connectivity index (χ0v) is 20.8. The monoisotopic (exact) mass is 490 g/mol. The molecule has 2 aromatic rings. The van der Waals surface area contributed by atoms with E-state index in [-0.39, 0.29) is 35.9 Å². The molecular weight excluding hydrogens is 456 g/mol. The van der Waals surface area contributed by atoms with Gasteiger partial charge in [0.15, 0.2) is 0 Å². The van der Waals surface area contributed by atoms with Crippen LogP contribution >= 0.6 is 0 Å². The van der Waals surface area contributed by atoms with Gasteiger partial charge in [0.05, 0.1) is 28.5 Å². The van der Waals surface area contributed by atoms with E-state index in [4.69, 9.17) is 14.8 Å². The van der Waals surface area contributed by atoms with Crippen LogP contribution in [0, 0.1) is 11.8 Å². The highest BCUT2D eigenvalue weighted by atomic mass is 32.2. The molecule has 4 rings (SSSR count). The Balaban J connectivity index is 1.62. The molecule has 2 aliphatic heterocycles. The van der Waals surface area contributed by atoms with E-state index >= 15 is 0 Å². The molecule has 1 unspecified atom stereocenters. The number of fused-ring (bicyclic) bond motifs is 1. The Morgan fingerprint density at radius 2 is 2.00 bits per heavy atom. The molecule has 10 heteroatoms. The van der Waals surface area contributed by atoms with Crippen LogP contribution in [-0.2, 0) is 31.5 Å². The Bertz CT molecular complexity index is 1180. The van der Waals surface area contributed by atoms with Gasteiger partial charge in [-0.25, -0.2) is 13.4 Å². The van der Waals surface area contributed by atoms with Crippen molar-refractivity contribution in [2.24, 2.45) is 11.8 Å². The second-order valence-electron chi connectivity index (χ2n) is 10.0. The number of aliphatic hydroxyl groups excluding tert-OH is 1. The van der Waals surface area contributed by atoms with Gasteiger partial charge in [0.1, 0.15) is 5.82 Å². The summed E-state index contributed by atoms with van der Waals surface area (Å²) in [5.74, 6) is 0.542. The third-order valence-electron chi connectivity index (χ3n) is 6.39. The molecule has 1 saturated heterocycles. The number of ether oxygens (including phenoxy) is 1. The molecule has 0 spiro atoms. The van der Waals surface area contributed by atoms with Crippen LogP contribution in [0.4, 0.5) is 0 Å². The maximum Gasteiger partial charge on any atom is 0.263 e. The number of hydrogen-bond acceptors (Lipinski definition) is 6. The molecule has 0 aliphatic carbocycles. The Morgan fingerprint density at radius 1 is 1.26 bits per heavy atom. The van der Waals surface area contributed by atoms with Crippen molar-refractivity contribution in [1.82, 2.24) is 19.2 Å². The lowest BCUT2D eigenvalue weighted by Gasteiger charge is -2.26. The Hall–Kier alpha value is -2.43. The first-order valence-electron chi connectivity index (χ1n) is 11.8. The molecule has 2 N–H and O–H groups in total. The van der Waals surface area contributed by atoms with Crippen molar-refractivity contribution in [3.63, 3.8) is 0 Å². The first-order chi connectivity index (χ1) is 16.1. The maximum absolute atomic E-state index is 13.3. The minimum Gasteiger partial charge on any atom is -0.395 e. The van der Waals surface area contributed by atoms with E-state index < -0.39 is 15.9 Å². The average Bonchev–Trinajstić information content (AvgIpc) is 3.44. The molecule has 34 heavy (non-hydrogen) atoms. The Morgan fingerprint density at radius 3 is 2.68 bits per heavy atom. The third-order valence-corrected chi connectivity index (χ3v) is 8.13. The third kappa shape index (κ3) is 4.99. The number of imidazole rings is 1. The number of nitrogens with one attached hydrogen (secondary N) is 1. The molecular formula is C24H34N4O5S. The maximum atomic E-state index is 13.3. The number of hydrogen-bond donors (Lipinski definition) is 2. The Kier molecular flexibility index (Phi) is 7.02. The van der Waals surface area contributed by atoms with Crippen LogP contribution in [0.25, 0.3) is 11.0 Å². The van der Waals surface area contributed by atoms with E-state index in [0.717, 1.165) is 43.9 Å². The number of benzene rings is 1. The Labute approximate surface area is 200 Å². The smallest absolute Gasteiger partial charge is 0.263 e. The van der Waals surface area contributed by atoms with Crippen LogP contribution in [0.1, 0.15) is 39.4 Å². The first kappa shape index (κ1) is 24.7. The van der Waals surface area contributed by atoms with Gasteiger partial charge in [-0.3, -0.25) is 9.10 Å². The zero-order valence-electron chi connectivity index (χ0n) is 20.0. The fourth-order valence-electron chi connectivity index (χ4n) is 4.52. The van der Waals surface area contributed by atoms with Crippen molar-refractivity contribution in [2.75, 3.05) is 32.9 Å². The zero-order chi connectivity index (χ0) is 24.5. The quantitative estimate of drug-likeness (QED) is 0.614. The van der Waals surface area contributed by atoms with Gasteiger partial charge in [-0.15, -0.1) is 0 Å². The minimum atomic E-state index is -3.83. The number of amides is 1. The number of carbonyl (C=O) groups is 1. The number of aromatic nitrogens is 2. The van der Waals surface area contributed by atoms with Crippen molar-refractivity contribution in [1.29, 1.82) is 0 Å². The SMILES string of the molecule is CC(C)(C)c1nc2cc(S(=O)(=O)N3C=CC(C(=O)NCCO)C3)ccc2n1CC1CCOCC1. The van der Waals surface area contributed by atoms with E-state index in [0.29, 0.717) is 11.4 Å². The molecule has 1 aromatic heterocycles. The van der Waals surface area contributed by atoms with Gasteiger partial charge >= 0.3 is 0 Å². The topological polar surface area (TPSA) is 114 Å². The highest BCUT2D eigenvalue weighted by molar-refractivity contribution is 7.89. The van der Waals surface area contributed by atoms with Crippen LogP contribution in [0.3, 0.4) is 0 Å². The molecule has 1 aromatic carbocycles. The summed E-state index contributed by atoms with van der Waals surface area (Å²) in [6.07, 6.45) is 5.02. The van der Waals surface area contributed by atoms with Crippen LogP contribution in [-0.4, -0.2) is 66.2 Å². The van der Waals surface area contributed by atoms with E-state index in [1.54, 1.807) is 18.2 Å². The lowest BCUT2D eigenvalue weighted by atomic mass is 9.94. The summed E-state index contributed by atoms with van der Waals surface area (Å²) in [6, 6.07) is 5.10. The van der Waals surface area contributed by atoms with Gasteiger partial charge in [0, 0.05) is 44.5 Å². The van der Waals surface area contributed by atoms with Crippen molar-refractivity contribution in [3.05, 3.63) is 36.3 Å². The largest absolute Gasteiger partial charge is 0.395 e. The van der Waals surface area contributed by atoms with Crippen LogP contribution in [0.2, 0.25) is 0 Å². The second-order valence-corrected chi connectivity index (χ2v) is 11.9. The summed E-state index contributed by atoms with van der Waals surface area (Å²) >= 11 is 0. The number of carbonyl (C=O) groups excluding carboxylic acids is 1. The fraction of sp³-hybridized carbons (Fsp3) is 0.583. The van der Waals surface area contributed by atoms with Crippen molar-refractivity contribution < 1.29 is 23.1 Å². The van der Waals surface area contributed by atoms with Crippen molar-refractivity contribution in [3.8, 4) is 0 Å². The summed E-state index contributed by atoms with van der Waals surface area (Å²) in [6.45, 7) is 8.72. The van der Waals surface area contributed by atoms with Crippen LogP contribution < -0.4 is 5.32 Å². The van der Waals surface area contributed by atoms with Crippen LogP contribution in [0.15, 0.2) is 35.4 Å². The molecule has 186 valence electrons. The van der Waals surface area contributed by atoms with Gasteiger partial charge in [-0.2, -0.15) is 0 Å². The fourth-order valence-corrected chi connectivity index (χ4v) is 5.88. The van der Waals surface area contributed by atoms with Gasteiger partial charge in [-0.05, 0) is 37.0 Å². The average molecular weight is 491 g/mol. The molecule has 1 atom stereocenters. The summed E-state index contributed by atoms with van der Waals surface area (Å²) in [7, 11) is -3.83. The second kappa shape index (κ2) is 9.67. The lowest BCUT2D eigenvalue weighted by molar-refractivity contribution is -0.123. The number of rotatable bonds is 7. The predicted octanol–water partition coefficient (Wildman–Crippen LogP) is 2.00. The van der Waals surface area contributed by atoms with Crippen LogP contribution in [0.5, 0.6) is 0 Å². The summed E-state index contributed by atoms with van der Waals surface area (Å²) in [4.78, 5) is 17.2. The van der Waals surface area contributed by atoms with Gasteiger partial charge < -0.3 is 19.7 Å². The van der Waals surface area contributed by atoms with Gasteiger partial charge in [0.2, 0.25) is 5.91 Å². The van der Waals surface area contributed by atoms with E-state index in [1.807, 2.05) is 6.07 Å². The van der Waals surface area contributed by atoms with E-state index in [9.17, 15) is 13.2 Å². The number of aliphatic hydroxyl groups is 1. The highest BCUT2D eigenvalue weighted by Gasteiger charge is 2.32. The first-order valence-corrected chi connectivity index (χ1v) is 13.2. The molecule has 0 radical (unpaired) electrons. The number of nitrogens with zero attached hydrogens (tertiary/aromatic N) is 3. The van der Waals surface area contributed by atoms with Gasteiger partial charge in [-0.1, -0.05) is 26.8 Å².